The van der Waals surface area contributed by atoms with Gasteiger partial charge in [0.25, 0.3) is 5.91 Å². The third-order valence-corrected chi connectivity index (χ3v) is 6.14. The van der Waals surface area contributed by atoms with Crippen LogP contribution >= 0.6 is 22.6 Å². The molecule has 0 saturated carbocycles. The van der Waals surface area contributed by atoms with Gasteiger partial charge in [-0.3, -0.25) is 4.79 Å². The first-order valence-electron chi connectivity index (χ1n) is 10.5. The van der Waals surface area contributed by atoms with Crippen LogP contribution in [0.4, 0.5) is 5.69 Å². The molecule has 0 radical (unpaired) electrons. The number of rotatable bonds is 6. The van der Waals surface area contributed by atoms with E-state index in [9.17, 15) is 10.1 Å². The lowest BCUT2D eigenvalue weighted by atomic mass is 10.0. The summed E-state index contributed by atoms with van der Waals surface area (Å²) in [6.45, 7) is 5.26. The highest BCUT2D eigenvalue weighted by Gasteiger charge is 2.32. The average molecular weight is 534 g/mol. The lowest BCUT2D eigenvalue weighted by molar-refractivity contribution is -0.113. The second kappa shape index (κ2) is 9.58. The molecule has 0 unspecified atom stereocenters. The number of para-hydroxylation sites is 1. The first-order valence-corrected chi connectivity index (χ1v) is 11.6. The van der Waals surface area contributed by atoms with Crippen molar-refractivity contribution in [1.29, 1.82) is 5.26 Å². The van der Waals surface area contributed by atoms with Gasteiger partial charge in [-0.2, -0.15) is 5.26 Å². The first-order chi connectivity index (χ1) is 15.5. The van der Waals surface area contributed by atoms with Crippen molar-refractivity contribution in [2.75, 3.05) is 11.4 Å². The molecule has 1 amide bonds. The van der Waals surface area contributed by atoms with Crippen LogP contribution in [0.15, 0.2) is 66.7 Å². The summed E-state index contributed by atoms with van der Waals surface area (Å²) >= 11 is 2.24. The van der Waals surface area contributed by atoms with Crippen molar-refractivity contribution in [3.05, 3.63) is 92.6 Å². The number of carbonyl (C=O) groups is 1. The van der Waals surface area contributed by atoms with E-state index in [1.807, 2.05) is 71.6 Å². The summed E-state index contributed by atoms with van der Waals surface area (Å²) < 4.78 is 6.92. The molecule has 0 aliphatic carbocycles. The lowest BCUT2D eigenvalue weighted by Crippen LogP contribution is -2.30. The minimum Gasteiger partial charge on any atom is -0.488 e. The van der Waals surface area contributed by atoms with Gasteiger partial charge in [-0.05, 0) is 64.4 Å². The SMILES string of the molecule is CC(C)CN1C(=O)/C(=C\c2ccc(OCc3ccccc3C#N)c(I)c2)c2ccccc21. The molecule has 4 nitrogen and oxygen atoms in total. The van der Waals surface area contributed by atoms with Crippen molar-refractivity contribution in [2.24, 2.45) is 5.92 Å². The predicted octanol–water partition coefficient (Wildman–Crippen LogP) is 6.29. The Hall–Kier alpha value is -3.11. The number of halogens is 1. The molecule has 0 fully saturated rings. The molecule has 1 heterocycles. The summed E-state index contributed by atoms with van der Waals surface area (Å²) in [6, 6.07) is 23.5. The molecule has 0 saturated heterocycles. The van der Waals surface area contributed by atoms with Crippen LogP contribution in [0.1, 0.15) is 36.1 Å². The van der Waals surface area contributed by atoms with Crippen LogP contribution in [0.25, 0.3) is 11.6 Å². The smallest absolute Gasteiger partial charge is 0.259 e. The molecule has 0 spiro atoms. The maximum Gasteiger partial charge on any atom is 0.259 e. The largest absolute Gasteiger partial charge is 0.488 e. The summed E-state index contributed by atoms with van der Waals surface area (Å²) in [5.74, 6) is 1.18. The standard InChI is InChI=1S/C27H23IN2O2/c1-18(2)16-30-25-10-6-5-9-22(25)23(27(30)31)13-19-11-12-26(24(28)14-19)32-17-21-8-4-3-7-20(21)15-29/h3-14,18H,16-17H2,1-2H3/b23-13-. The van der Waals surface area contributed by atoms with Gasteiger partial charge in [0, 0.05) is 23.2 Å². The highest BCUT2D eigenvalue weighted by atomic mass is 127. The normalized spacial score (nSPS) is 14.0. The quantitative estimate of drug-likeness (QED) is 0.276. The highest BCUT2D eigenvalue weighted by molar-refractivity contribution is 14.1. The van der Waals surface area contributed by atoms with E-state index in [4.69, 9.17) is 4.74 Å². The number of nitrogens with zero attached hydrogens (tertiary/aromatic N) is 2. The van der Waals surface area contributed by atoms with Crippen molar-refractivity contribution in [1.82, 2.24) is 0 Å². The summed E-state index contributed by atoms with van der Waals surface area (Å²) in [7, 11) is 0. The molecule has 1 aliphatic heterocycles. The van der Waals surface area contributed by atoms with Crippen molar-refractivity contribution in [3.8, 4) is 11.8 Å². The Kier molecular flexibility index (Phi) is 6.61. The topological polar surface area (TPSA) is 53.3 Å². The zero-order chi connectivity index (χ0) is 22.7. The van der Waals surface area contributed by atoms with Crippen molar-refractivity contribution in [2.45, 2.75) is 20.5 Å². The molecule has 0 atom stereocenters. The summed E-state index contributed by atoms with van der Waals surface area (Å²) in [6.07, 6.45) is 1.96. The fourth-order valence-corrected chi connectivity index (χ4v) is 4.49. The molecule has 0 aromatic heterocycles. The molecular weight excluding hydrogens is 511 g/mol. The van der Waals surface area contributed by atoms with Crippen LogP contribution in [0.2, 0.25) is 0 Å². The van der Waals surface area contributed by atoms with E-state index >= 15 is 0 Å². The van der Waals surface area contributed by atoms with Gasteiger partial charge in [0.2, 0.25) is 0 Å². The minimum atomic E-state index is 0.0448. The third-order valence-electron chi connectivity index (χ3n) is 5.30. The van der Waals surface area contributed by atoms with Crippen LogP contribution in [-0.4, -0.2) is 12.5 Å². The molecule has 3 aromatic carbocycles. The second-order valence-corrected chi connectivity index (χ2v) is 9.29. The number of ether oxygens (including phenoxy) is 1. The van der Waals surface area contributed by atoms with Crippen LogP contribution in [0, 0.1) is 20.8 Å². The number of carbonyl (C=O) groups excluding carboxylic acids is 1. The van der Waals surface area contributed by atoms with Crippen molar-refractivity contribution < 1.29 is 9.53 Å². The maximum absolute atomic E-state index is 13.2. The van der Waals surface area contributed by atoms with E-state index in [0.717, 1.165) is 31.7 Å². The number of hydrogen-bond acceptors (Lipinski definition) is 3. The Morgan fingerprint density at radius 1 is 1.09 bits per heavy atom. The molecule has 1 aliphatic rings. The zero-order valence-electron chi connectivity index (χ0n) is 18.0. The zero-order valence-corrected chi connectivity index (χ0v) is 20.2. The minimum absolute atomic E-state index is 0.0448. The third kappa shape index (κ3) is 4.56. The Bertz CT molecular complexity index is 1240. The molecule has 5 heteroatoms. The molecular formula is C27H23IN2O2. The van der Waals surface area contributed by atoms with E-state index in [0.29, 0.717) is 30.2 Å². The van der Waals surface area contributed by atoms with Crippen LogP contribution in [-0.2, 0) is 11.4 Å². The summed E-state index contributed by atoms with van der Waals surface area (Å²) in [5, 5.41) is 9.26. The van der Waals surface area contributed by atoms with E-state index in [2.05, 4.69) is 42.5 Å². The molecule has 4 rings (SSSR count). The number of nitriles is 1. The fraction of sp³-hybridized carbons (Fsp3) is 0.185. The molecule has 160 valence electrons. The molecule has 3 aromatic rings. The van der Waals surface area contributed by atoms with Crippen molar-refractivity contribution in [3.63, 3.8) is 0 Å². The van der Waals surface area contributed by atoms with E-state index in [1.54, 1.807) is 6.07 Å². The molecule has 32 heavy (non-hydrogen) atoms. The number of hydrogen-bond donors (Lipinski definition) is 0. The average Bonchev–Trinajstić information content (AvgIpc) is 3.04. The Morgan fingerprint density at radius 2 is 1.84 bits per heavy atom. The number of anilines is 1. The molecule has 0 bridgehead atoms. The van der Waals surface area contributed by atoms with Crippen molar-refractivity contribution >= 4 is 45.8 Å². The Morgan fingerprint density at radius 3 is 2.59 bits per heavy atom. The number of amides is 1. The lowest BCUT2D eigenvalue weighted by Gasteiger charge is -2.19. The van der Waals surface area contributed by atoms with E-state index in [1.165, 1.54) is 0 Å². The van der Waals surface area contributed by atoms with Gasteiger partial charge in [0.1, 0.15) is 12.4 Å². The maximum atomic E-state index is 13.2. The summed E-state index contributed by atoms with van der Waals surface area (Å²) in [5.41, 5.74) is 5.09. The van der Waals surface area contributed by atoms with E-state index < -0.39 is 0 Å². The van der Waals surface area contributed by atoms with Crippen LogP contribution in [0.3, 0.4) is 0 Å². The summed E-state index contributed by atoms with van der Waals surface area (Å²) in [4.78, 5) is 15.1. The Labute approximate surface area is 202 Å². The van der Waals surface area contributed by atoms with Crippen LogP contribution in [0.5, 0.6) is 5.75 Å². The van der Waals surface area contributed by atoms with Gasteiger partial charge < -0.3 is 9.64 Å². The number of benzene rings is 3. The second-order valence-electron chi connectivity index (χ2n) is 8.13. The van der Waals surface area contributed by atoms with Gasteiger partial charge >= 0.3 is 0 Å². The van der Waals surface area contributed by atoms with Gasteiger partial charge in [-0.1, -0.05) is 56.3 Å². The van der Waals surface area contributed by atoms with Gasteiger partial charge in [0.15, 0.2) is 0 Å². The first kappa shape index (κ1) is 22.1. The van der Waals surface area contributed by atoms with Gasteiger partial charge in [-0.15, -0.1) is 0 Å². The predicted molar refractivity (Wildman–Crippen MR) is 136 cm³/mol. The monoisotopic (exact) mass is 534 g/mol. The van der Waals surface area contributed by atoms with Gasteiger partial charge in [0.05, 0.1) is 20.9 Å². The van der Waals surface area contributed by atoms with E-state index in [-0.39, 0.29) is 5.91 Å². The van der Waals surface area contributed by atoms with Crippen LogP contribution < -0.4 is 9.64 Å². The fourth-order valence-electron chi connectivity index (χ4n) is 3.79. The highest BCUT2D eigenvalue weighted by Crippen LogP contribution is 2.38. The van der Waals surface area contributed by atoms with Gasteiger partial charge in [-0.25, -0.2) is 0 Å². The Balaban J connectivity index is 1.58. The number of fused-ring (bicyclic) bond motifs is 1. The molecule has 0 N–H and O–H groups in total.